The van der Waals surface area contributed by atoms with Gasteiger partial charge in [-0.3, -0.25) is 0 Å². The van der Waals surface area contributed by atoms with E-state index >= 15 is 0 Å². The lowest BCUT2D eigenvalue weighted by Gasteiger charge is -2.08. The summed E-state index contributed by atoms with van der Waals surface area (Å²) in [6, 6.07) is 8.44. The zero-order valence-corrected chi connectivity index (χ0v) is 9.53. The largest absolute Gasteiger partial charge is 0.0996 e. The molecule has 0 aliphatic carbocycles. The van der Waals surface area contributed by atoms with Crippen molar-refractivity contribution >= 4 is 20.1 Å². The Morgan fingerprint density at radius 1 is 1.23 bits per heavy atom. The number of benzene rings is 1. The van der Waals surface area contributed by atoms with Crippen molar-refractivity contribution in [1.29, 1.82) is 0 Å². The van der Waals surface area contributed by atoms with E-state index in [-0.39, 0.29) is 0 Å². The maximum atomic E-state index is 4.12. The van der Waals surface area contributed by atoms with E-state index in [0.29, 0.717) is 0 Å². The first-order valence-electron chi connectivity index (χ1n) is 4.57. The third-order valence-corrected chi connectivity index (χ3v) is 3.94. The topological polar surface area (TPSA) is 0 Å². The van der Waals surface area contributed by atoms with Crippen molar-refractivity contribution in [2.24, 2.45) is 0 Å². The van der Waals surface area contributed by atoms with Gasteiger partial charge >= 0.3 is 0 Å². The molecule has 0 saturated carbocycles. The second-order valence-corrected chi connectivity index (χ2v) is 6.51. The van der Waals surface area contributed by atoms with Gasteiger partial charge in [-0.15, -0.1) is 0 Å². The quantitative estimate of drug-likeness (QED) is 0.638. The Kier molecular flexibility index (Phi) is 3.26. The molecule has 13 heavy (non-hydrogen) atoms. The summed E-state index contributed by atoms with van der Waals surface area (Å²) in [5, 5.41) is 1.33. The summed E-state index contributed by atoms with van der Waals surface area (Å²) in [6.07, 6.45) is 1.86. The fraction of sp³-hybridized carbons (Fsp3) is 0.167. The molecule has 0 atom stereocenters. The van der Waals surface area contributed by atoms with Crippen molar-refractivity contribution in [2.75, 3.05) is 0 Å². The smallest absolute Gasteiger partial charge is 0.0647 e. The third kappa shape index (κ3) is 2.43. The number of hydrogen-bond donors (Lipinski definition) is 0. The van der Waals surface area contributed by atoms with Crippen LogP contribution in [0.15, 0.2) is 37.4 Å². The molecule has 0 radical (unpaired) electrons. The molecular formula is C12H16Si. The number of hydrogen-bond acceptors (Lipinski definition) is 0. The first-order chi connectivity index (χ1) is 6.15. The van der Waals surface area contributed by atoms with Crippen LogP contribution in [0.4, 0.5) is 0 Å². The van der Waals surface area contributed by atoms with Gasteiger partial charge in [-0.2, -0.15) is 0 Å². The molecular weight excluding hydrogens is 172 g/mol. The van der Waals surface area contributed by atoms with Crippen LogP contribution in [0.1, 0.15) is 11.1 Å². The molecule has 0 aliphatic heterocycles. The highest BCUT2D eigenvalue weighted by Crippen LogP contribution is 2.16. The first-order valence-corrected chi connectivity index (χ1v) is 7.45. The van der Waals surface area contributed by atoms with Gasteiger partial charge < -0.3 is 0 Å². The Morgan fingerprint density at radius 3 is 2.15 bits per heavy atom. The number of rotatable bonds is 3. The van der Waals surface area contributed by atoms with E-state index in [4.69, 9.17) is 0 Å². The minimum absolute atomic E-state index is 0.736. The van der Waals surface area contributed by atoms with Crippen LogP contribution in [0.2, 0.25) is 13.1 Å². The summed E-state index contributed by atoms with van der Waals surface area (Å²) in [5.74, 6) is 0. The van der Waals surface area contributed by atoms with E-state index in [2.05, 4.69) is 50.5 Å². The van der Waals surface area contributed by atoms with Gasteiger partial charge in [0, 0.05) is 0 Å². The van der Waals surface area contributed by atoms with E-state index in [1.807, 2.05) is 6.08 Å². The summed E-state index contributed by atoms with van der Waals surface area (Å²) < 4.78 is 0. The Hall–Kier alpha value is -1.08. The van der Waals surface area contributed by atoms with E-state index in [1.165, 1.54) is 16.3 Å². The van der Waals surface area contributed by atoms with E-state index < -0.39 is 8.80 Å². The van der Waals surface area contributed by atoms with Crippen LogP contribution in [0.5, 0.6) is 0 Å². The van der Waals surface area contributed by atoms with Gasteiger partial charge in [-0.1, -0.05) is 61.8 Å². The molecule has 0 aromatic heterocycles. The molecule has 0 spiro atoms. The van der Waals surface area contributed by atoms with Crippen LogP contribution in [0, 0.1) is 0 Å². The Bertz CT molecular complexity index is 306. The Labute approximate surface area is 82.2 Å². The molecule has 0 heterocycles. The normalized spacial score (nSPS) is 10.1. The van der Waals surface area contributed by atoms with Crippen LogP contribution in [0.25, 0.3) is 11.3 Å². The maximum Gasteiger partial charge on any atom is 0.0647 e. The molecule has 0 amide bonds. The summed E-state index contributed by atoms with van der Waals surface area (Å²) in [7, 11) is -0.736. The third-order valence-electron chi connectivity index (χ3n) is 2.21. The van der Waals surface area contributed by atoms with Crippen molar-refractivity contribution in [1.82, 2.24) is 0 Å². The molecule has 0 nitrogen and oxygen atoms in total. The van der Waals surface area contributed by atoms with Gasteiger partial charge in [-0.25, -0.2) is 0 Å². The Morgan fingerprint density at radius 2 is 1.77 bits per heavy atom. The van der Waals surface area contributed by atoms with Crippen molar-refractivity contribution in [3.63, 3.8) is 0 Å². The van der Waals surface area contributed by atoms with E-state index in [1.54, 1.807) is 0 Å². The highest BCUT2D eigenvalue weighted by atomic mass is 28.3. The second-order valence-electron chi connectivity index (χ2n) is 3.51. The molecule has 0 saturated heterocycles. The van der Waals surface area contributed by atoms with Crippen LogP contribution in [-0.2, 0) is 0 Å². The molecule has 0 unspecified atom stereocenters. The molecule has 0 aliphatic rings. The summed E-state index contributed by atoms with van der Waals surface area (Å²) in [5.41, 5.74) is 2.45. The summed E-state index contributed by atoms with van der Waals surface area (Å²) in [4.78, 5) is 0. The van der Waals surface area contributed by atoms with Gasteiger partial charge in [-0.05, 0) is 11.1 Å². The van der Waals surface area contributed by atoms with Crippen molar-refractivity contribution in [3.8, 4) is 0 Å². The highest BCUT2D eigenvalue weighted by Gasteiger charge is 2.03. The van der Waals surface area contributed by atoms with Gasteiger partial charge in [0.2, 0.25) is 0 Å². The van der Waals surface area contributed by atoms with Crippen molar-refractivity contribution in [2.45, 2.75) is 13.1 Å². The minimum Gasteiger partial charge on any atom is -0.0996 e. The van der Waals surface area contributed by atoms with Crippen LogP contribution in [0.3, 0.4) is 0 Å². The second kappa shape index (κ2) is 4.24. The summed E-state index contributed by atoms with van der Waals surface area (Å²) in [6.45, 7) is 12.4. The summed E-state index contributed by atoms with van der Waals surface area (Å²) >= 11 is 0. The van der Waals surface area contributed by atoms with Gasteiger partial charge in [0.25, 0.3) is 0 Å². The molecule has 0 fully saturated rings. The molecule has 68 valence electrons. The van der Waals surface area contributed by atoms with Crippen LogP contribution in [-0.4, -0.2) is 8.80 Å². The lowest BCUT2D eigenvalue weighted by Crippen LogP contribution is -2.02. The maximum absolute atomic E-state index is 4.12. The molecule has 1 heteroatoms. The van der Waals surface area contributed by atoms with Gasteiger partial charge in [0.15, 0.2) is 0 Å². The van der Waals surface area contributed by atoms with E-state index in [9.17, 15) is 0 Å². The molecule has 1 aromatic rings. The van der Waals surface area contributed by atoms with Gasteiger partial charge in [0.05, 0.1) is 8.80 Å². The fourth-order valence-corrected chi connectivity index (χ4v) is 2.03. The van der Waals surface area contributed by atoms with Crippen molar-refractivity contribution < 1.29 is 0 Å². The van der Waals surface area contributed by atoms with Crippen LogP contribution >= 0.6 is 0 Å². The average Bonchev–Trinajstić information content (AvgIpc) is 2.17. The standard InChI is InChI=1S/C12H16Si/c1-5-11-6-8-12(9-7-11)10(2)13(3)4/h5-9,13H,1-2H2,3-4H3. The predicted molar refractivity (Wildman–Crippen MR) is 64.4 cm³/mol. The van der Waals surface area contributed by atoms with Gasteiger partial charge in [0.1, 0.15) is 0 Å². The molecule has 1 rings (SSSR count). The highest BCUT2D eigenvalue weighted by molar-refractivity contribution is 6.76. The fourth-order valence-electron chi connectivity index (χ4n) is 1.17. The molecule has 1 aromatic carbocycles. The monoisotopic (exact) mass is 188 g/mol. The van der Waals surface area contributed by atoms with Crippen LogP contribution < -0.4 is 0 Å². The molecule has 0 bridgehead atoms. The molecule has 0 N–H and O–H groups in total. The first kappa shape index (κ1) is 10.0. The van der Waals surface area contributed by atoms with E-state index in [0.717, 1.165) is 0 Å². The lowest BCUT2D eigenvalue weighted by molar-refractivity contribution is 1.61. The Balaban J connectivity index is 2.92. The zero-order chi connectivity index (χ0) is 9.84. The lowest BCUT2D eigenvalue weighted by atomic mass is 10.1. The van der Waals surface area contributed by atoms with Crippen molar-refractivity contribution in [3.05, 3.63) is 48.6 Å². The predicted octanol–water partition coefficient (Wildman–Crippen LogP) is 3.37. The SMILES string of the molecule is C=Cc1ccc(C(=C)[SiH](C)C)cc1. The average molecular weight is 188 g/mol. The zero-order valence-electron chi connectivity index (χ0n) is 8.38. The minimum atomic E-state index is -0.736.